The zero-order valence-electron chi connectivity index (χ0n) is 20.4. The van der Waals surface area contributed by atoms with Crippen LogP contribution in [0.4, 0.5) is 5.13 Å². The van der Waals surface area contributed by atoms with Gasteiger partial charge in [0.05, 0.1) is 21.7 Å². The highest BCUT2D eigenvalue weighted by atomic mass is 35.5. The molecular formula is C27H27ClN4O3S2. The van der Waals surface area contributed by atoms with E-state index >= 15 is 0 Å². The number of sulfonamides is 1. The molecule has 2 aromatic carbocycles. The Labute approximate surface area is 225 Å². The number of halogens is 1. The fourth-order valence-electron chi connectivity index (χ4n) is 4.63. The Morgan fingerprint density at radius 1 is 1.11 bits per heavy atom. The largest absolute Gasteiger partial charge is 0.283 e. The van der Waals surface area contributed by atoms with E-state index < -0.39 is 10.0 Å². The molecule has 0 N–H and O–H groups in total. The van der Waals surface area contributed by atoms with Gasteiger partial charge >= 0.3 is 0 Å². The minimum Gasteiger partial charge on any atom is -0.283 e. The molecule has 0 atom stereocenters. The average Bonchev–Trinajstić information content (AvgIpc) is 3.36. The first-order valence-electron chi connectivity index (χ1n) is 12.2. The first-order chi connectivity index (χ1) is 17.9. The van der Waals surface area contributed by atoms with Gasteiger partial charge in [0, 0.05) is 36.4 Å². The number of hydrogen-bond donors (Lipinski definition) is 0. The number of aryl methyl sites for hydroxylation is 1. The Bertz CT molecular complexity index is 1500. The molecule has 0 unspecified atom stereocenters. The van der Waals surface area contributed by atoms with E-state index in [2.05, 4.69) is 18.0 Å². The molecule has 0 spiro atoms. The van der Waals surface area contributed by atoms with Crippen molar-refractivity contribution in [3.63, 3.8) is 0 Å². The Kier molecular flexibility index (Phi) is 7.57. The van der Waals surface area contributed by atoms with Crippen LogP contribution in [0.15, 0.2) is 71.9 Å². The second-order valence-electron chi connectivity index (χ2n) is 9.03. The minimum atomic E-state index is -3.64. The molecule has 7 nitrogen and oxygen atoms in total. The van der Waals surface area contributed by atoms with Crippen molar-refractivity contribution < 1.29 is 13.2 Å². The van der Waals surface area contributed by atoms with Gasteiger partial charge in [-0.05, 0) is 66.8 Å². The van der Waals surface area contributed by atoms with Crippen LogP contribution in [0.5, 0.6) is 0 Å². The highest BCUT2D eigenvalue weighted by Crippen LogP contribution is 2.34. The van der Waals surface area contributed by atoms with Gasteiger partial charge in [0.15, 0.2) is 5.13 Å². The van der Waals surface area contributed by atoms with Crippen molar-refractivity contribution in [1.82, 2.24) is 14.3 Å². The number of anilines is 1. The van der Waals surface area contributed by atoms with E-state index in [1.165, 1.54) is 27.8 Å². The van der Waals surface area contributed by atoms with Gasteiger partial charge in [-0.1, -0.05) is 48.1 Å². The lowest BCUT2D eigenvalue weighted by Gasteiger charge is -2.33. The zero-order valence-corrected chi connectivity index (χ0v) is 22.8. The molecule has 1 aliphatic heterocycles. The van der Waals surface area contributed by atoms with E-state index in [1.807, 2.05) is 24.3 Å². The number of thiazole rings is 1. The summed E-state index contributed by atoms with van der Waals surface area (Å²) in [4.78, 5) is 24.9. The SMILES string of the molecule is CCc1cccc2sc(N(Cc3cccnc3)C(=O)C3CCN(S(=O)(=O)c4ccc(Cl)cc4)CC3)nc12. The molecule has 0 bridgehead atoms. The van der Waals surface area contributed by atoms with Crippen molar-refractivity contribution in [3.8, 4) is 0 Å². The molecular weight excluding hydrogens is 528 g/mol. The third-order valence-electron chi connectivity index (χ3n) is 6.69. The van der Waals surface area contributed by atoms with Crippen molar-refractivity contribution in [3.05, 3.63) is 83.1 Å². The summed E-state index contributed by atoms with van der Waals surface area (Å²) in [5, 5.41) is 1.14. The van der Waals surface area contributed by atoms with E-state index in [4.69, 9.17) is 16.6 Å². The van der Waals surface area contributed by atoms with Gasteiger partial charge < -0.3 is 0 Å². The molecule has 10 heteroatoms. The molecule has 1 amide bonds. The maximum atomic E-state index is 13.9. The Balaban J connectivity index is 1.38. The molecule has 192 valence electrons. The van der Waals surface area contributed by atoms with Gasteiger partial charge in [-0.25, -0.2) is 13.4 Å². The number of carbonyl (C=O) groups is 1. The van der Waals surface area contributed by atoms with Crippen LogP contribution in [0.25, 0.3) is 10.2 Å². The van der Waals surface area contributed by atoms with E-state index in [-0.39, 0.29) is 29.8 Å². The van der Waals surface area contributed by atoms with Crippen LogP contribution in [0.1, 0.15) is 30.9 Å². The van der Waals surface area contributed by atoms with Crippen molar-refractivity contribution in [1.29, 1.82) is 0 Å². The zero-order chi connectivity index (χ0) is 26.0. The van der Waals surface area contributed by atoms with E-state index in [1.54, 1.807) is 29.4 Å². The second-order valence-corrected chi connectivity index (χ2v) is 12.4. The predicted octanol–water partition coefficient (Wildman–Crippen LogP) is 5.54. The van der Waals surface area contributed by atoms with Gasteiger partial charge in [0.2, 0.25) is 15.9 Å². The maximum Gasteiger partial charge on any atom is 0.243 e. The normalized spacial score (nSPS) is 15.2. The molecule has 3 heterocycles. The van der Waals surface area contributed by atoms with Crippen LogP contribution in [-0.2, 0) is 27.8 Å². The molecule has 1 aliphatic rings. The van der Waals surface area contributed by atoms with Gasteiger partial charge in [-0.2, -0.15) is 4.31 Å². The van der Waals surface area contributed by atoms with Crippen molar-refractivity contribution in [2.24, 2.45) is 5.92 Å². The van der Waals surface area contributed by atoms with Crippen LogP contribution in [-0.4, -0.2) is 41.7 Å². The maximum absolute atomic E-state index is 13.9. The molecule has 0 aliphatic carbocycles. The number of aromatic nitrogens is 2. The van der Waals surface area contributed by atoms with E-state index in [0.29, 0.717) is 29.5 Å². The summed E-state index contributed by atoms with van der Waals surface area (Å²) in [6.45, 7) is 3.01. The number of piperidine rings is 1. The van der Waals surface area contributed by atoms with E-state index in [0.717, 1.165) is 27.8 Å². The number of para-hydroxylation sites is 1. The van der Waals surface area contributed by atoms with Crippen LogP contribution >= 0.6 is 22.9 Å². The minimum absolute atomic E-state index is 0.0375. The Morgan fingerprint density at radius 3 is 2.54 bits per heavy atom. The van der Waals surface area contributed by atoms with Crippen LogP contribution in [0, 0.1) is 5.92 Å². The first-order valence-corrected chi connectivity index (χ1v) is 14.8. The average molecular weight is 555 g/mol. The number of pyridine rings is 1. The summed E-state index contributed by atoms with van der Waals surface area (Å²) in [5.74, 6) is -0.338. The van der Waals surface area contributed by atoms with Gasteiger partial charge in [-0.3, -0.25) is 14.7 Å². The number of amides is 1. The van der Waals surface area contributed by atoms with Crippen LogP contribution in [0.3, 0.4) is 0 Å². The number of benzene rings is 2. The van der Waals surface area contributed by atoms with Gasteiger partial charge in [0.1, 0.15) is 0 Å². The molecule has 0 radical (unpaired) electrons. The van der Waals surface area contributed by atoms with Crippen LogP contribution < -0.4 is 4.90 Å². The summed E-state index contributed by atoms with van der Waals surface area (Å²) in [5.41, 5.74) is 2.99. The topological polar surface area (TPSA) is 83.5 Å². The number of fused-ring (bicyclic) bond motifs is 1. The summed E-state index contributed by atoms with van der Waals surface area (Å²) in [6, 6.07) is 16.1. The number of carbonyl (C=O) groups excluding carboxylic acids is 1. The molecule has 1 fully saturated rings. The molecule has 2 aromatic heterocycles. The molecule has 0 saturated carbocycles. The second kappa shape index (κ2) is 10.9. The first kappa shape index (κ1) is 25.8. The third kappa shape index (κ3) is 5.40. The van der Waals surface area contributed by atoms with Crippen molar-refractivity contribution in [2.45, 2.75) is 37.6 Å². The fourth-order valence-corrected chi connectivity index (χ4v) is 7.24. The van der Waals surface area contributed by atoms with Gasteiger partial charge in [0.25, 0.3) is 0 Å². The molecule has 4 aromatic rings. The summed E-state index contributed by atoms with van der Waals surface area (Å²) in [7, 11) is -3.64. The monoisotopic (exact) mass is 554 g/mol. The van der Waals surface area contributed by atoms with Crippen molar-refractivity contribution in [2.75, 3.05) is 18.0 Å². The quantitative estimate of drug-likeness (QED) is 0.299. The summed E-state index contributed by atoms with van der Waals surface area (Å²) >= 11 is 7.43. The van der Waals surface area contributed by atoms with Crippen LogP contribution in [0.2, 0.25) is 5.02 Å². The lowest BCUT2D eigenvalue weighted by atomic mass is 9.96. The Morgan fingerprint density at radius 2 is 1.86 bits per heavy atom. The van der Waals surface area contributed by atoms with E-state index in [9.17, 15) is 13.2 Å². The molecule has 37 heavy (non-hydrogen) atoms. The lowest BCUT2D eigenvalue weighted by molar-refractivity contribution is -0.123. The summed E-state index contributed by atoms with van der Waals surface area (Å²) < 4.78 is 28.7. The summed E-state index contributed by atoms with van der Waals surface area (Å²) in [6.07, 6.45) is 5.21. The standard InChI is InChI=1S/C27H27ClN4O3S2/c1-2-20-6-3-7-24-25(20)30-27(36-24)32(18-19-5-4-14-29-17-19)26(33)21-12-15-31(16-13-21)37(34,35)23-10-8-22(28)9-11-23/h3-11,14,17,21H,2,12-13,15-16,18H2,1H3. The van der Waals surface area contributed by atoms with Gasteiger partial charge in [-0.15, -0.1) is 0 Å². The lowest BCUT2D eigenvalue weighted by Crippen LogP contribution is -2.44. The highest BCUT2D eigenvalue weighted by molar-refractivity contribution is 7.89. The highest BCUT2D eigenvalue weighted by Gasteiger charge is 2.35. The molecule has 1 saturated heterocycles. The predicted molar refractivity (Wildman–Crippen MR) is 147 cm³/mol. The smallest absolute Gasteiger partial charge is 0.243 e. The Hall–Kier alpha value is -2.85. The fraction of sp³-hybridized carbons (Fsp3) is 0.296. The number of rotatable bonds is 7. The number of hydrogen-bond acceptors (Lipinski definition) is 6. The number of nitrogens with zero attached hydrogens (tertiary/aromatic N) is 4. The third-order valence-corrected chi connectivity index (χ3v) is 9.90. The van der Waals surface area contributed by atoms with Crippen molar-refractivity contribution >= 4 is 54.2 Å². The molecule has 5 rings (SSSR count).